The maximum absolute atomic E-state index is 5.87. The fourth-order valence-electron chi connectivity index (χ4n) is 2.32. The van der Waals surface area contributed by atoms with Crippen LogP contribution in [0.1, 0.15) is 44.7 Å². The summed E-state index contributed by atoms with van der Waals surface area (Å²) in [5.74, 6) is 0.693. The lowest BCUT2D eigenvalue weighted by atomic mass is 9.82. The summed E-state index contributed by atoms with van der Waals surface area (Å²) < 4.78 is 5.87. The zero-order chi connectivity index (χ0) is 13.2. The molecule has 1 aliphatic carbocycles. The third-order valence-corrected chi connectivity index (χ3v) is 3.83. The first-order valence-electron chi connectivity index (χ1n) is 6.90. The number of rotatable bonds is 4. The highest BCUT2D eigenvalue weighted by Gasteiger charge is 2.28. The minimum Gasteiger partial charge on any atom is -0.374 e. The second kappa shape index (κ2) is 5.41. The van der Waals surface area contributed by atoms with E-state index in [4.69, 9.17) is 10.5 Å². The Morgan fingerprint density at radius 1 is 1.17 bits per heavy atom. The fraction of sp³-hybridized carbons (Fsp3) is 0.625. The summed E-state index contributed by atoms with van der Waals surface area (Å²) in [7, 11) is 0. The van der Waals surface area contributed by atoms with E-state index in [2.05, 4.69) is 45.0 Å². The van der Waals surface area contributed by atoms with Crippen molar-refractivity contribution in [2.45, 2.75) is 51.7 Å². The highest BCUT2D eigenvalue weighted by Crippen LogP contribution is 2.30. The molecule has 0 aliphatic heterocycles. The average molecular weight is 247 g/mol. The van der Waals surface area contributed by atoms with Crippen LogP contribution in [0.4, 0.5) is 0 Å². The van der Waals surface area contributed by atoms with Crippen molar-refractivity contribution < 1.29 is 4.74 Å². The molecular formula is C16H25NO. The Balaban J connectivity index is 1.81. The molecule has 0 radical (unpaired) electrons. The van der Waals surface area contributed by atoms with Crippen molar-refractivity contribution >= 4 is 0 Å². The smallest absolute Gasteiger partial charge is 0.0720 e. The molecule has 2 rings (SSSR count). The zero-order valence-corrected chi connectivity index (χ0v) is 11.8. The van der Waals surface area contributed by atoms with Crippen LogP contribution >= 0.6 is 0 Å². The van der Waals surface area contributed by atoms with Gasteiger partial charge in [-0.15, -0.1) is 0 Å². The van der Waals surface area contributed by atoms with Crippen molar-refractivity contribution in [2.24, 2.45) is 11.7 Å². The summed E-state index contributed by atoms with van der Waals surface area (Å²) in [6.45, 7) is 8.24. The lowest BCUT2D eigenvalue weighted by Gasteiger charge is -2.34. The van der Waals surface area contributed by atoms with Crippen LogP contribution in [0.3, 0.4) is 0 Å². The monoisotopic (exact) mass is 247 g/mol. The summed E-state index contributed by atoms with van der Waals surface area (Å²) in [6, 6.07) is 8.78. The zero-order valence-electron chi connectivity index (χ0n) is 11.8. The van der Waals surface area contributed by atoms with Crippen molar-refractivity contribution in [3.63, 3.8) is 0 Å². The molecule has 0 aromatic heterocycles. The quantitative estimate of drug-likeness (QED) is 0.886. The van der Waals surface area contributed by atoms with E-state index < -0.39 is 0 Å². The second-order valence-electron chi connectivity index (χ2n) is 6.45. The van der Waals surface area contributed by atoms with Gasteiger partial charge in [-0.05, 0) is 41.8 Å². The van der Waals surface area contributed by atoms with Gasteiger partial charge in [0.25, 0.3) is 0 Å². The molecule has 2 nitrogen and oxygen atoms in total. The molecule has 0 atom stereocenters. The number of ether oxygens (including phenoxy) is 1. The number of nitrogens with two attached hydrogens (primary N) is 1. The van der Waals surface area contributed by atoms with Gasteiger partial charge in [0.1, 0.15) is 0 Å². The van der Waals surface area contributed by atoms with E-state index in [0.717, 1.165) is 26.0 Å². The molecule has 18 heavy (non-hydrogen) atoms. The van der Waals surface area contributed by atoms with E-state index in [1.165, 1.54) is 11.1 Å². The Bertz CT molecular complexity index is 371. The summed E-state index contributed by atoms with van der Waals surface area (Å²) in [5, 5.41) is 0. The Morgan fingerprint density at radius 3 is 2.28 bits per heavy atom. The van der Waals surface area contributed by atoms with Crippen LogP contribution in [0.15, 0.2) is 24.3 Å². The van der Waals surface area contributed by atoms with E-state index in [1.54, 1.807) is 0 Å². The number of hydrogen-bond donors (Lipinski definition) is 1. The molecule has 0 saturated heterocycles. The summed E-state index contributed by atoms with van der Waals surface area (Å²) >= 11 is 0. The third kappa shape index (κ3) is 3.33. The summed E-state index contributed by atoms with van der Waals surface area (Å²) in [5.41, 5.74) is 8.47. The Labute approximate surface area is 111 Å². The van der Waals surface area contributed by atoms with Crippen LogP contribution < -0.4 is 5.73 Å². The first-order chi connectivity index (χ1) is 8.49. The first kappa shape index (κ1) is 13.6. The molecule has 0 unspecified atom stereocenters. The summed E-state index contributed by atoms with van der Waals surface area (Å²) in [6.07, 6.45) is 2.70. The number of hydrogen-bond acceptors (Lipinski definition) is 2. The van der Waals surface area contributed by atoms with Gasteiger partial charge >= 0.3 is 0 Å². The van der Waals surface area contributed by atoms with Gasteiger partial charge in [0, 0.05) is 0 Å². The molecule has 1 aromatic carbocycles. The van der Waals surface area contributed by atoms with Gasteiger partial charge in [-0.3, -0.25) is 0 Å². The van der Waals surface area contributed by atoms with Crippen molar-refractivity contribution in [2.75, 3.05) is 6.54 Å². The van der Waals surface area contributed by atoms with Gasteiger partial charge < -0.3 is 10.5 Å². The predicted octanol–water partition coefficient (Wildman–Crippen LogP) is 3.24. The SMILES string of the molecule is CC(C)(C)c1ccc(COC2CC(CN)C2)cc1. The minimum absolute atomic E-state index is 0.224. The minimum atomic E-state index is 0.224. The molecule has 2 N–H and O–H groups in total. The largest absolute Gasteiger partial charge is 0.374 e. The van der Waals surface area contributed by atoms with Crippen molar-refractivity contribution in [3.05, 3.63) is 35.4 Å². The van der Waals surface area contributed by atoms with Crippen molar-refractivity contribution in [1.82, 2.24) is 0 Å². The lowest BCUT2D eigenvalue weighted by molar-refractivity contribution is -0.0376. The van der Waals surface area contributed by atoms with E-state index in [-0.39, 0.29) is 5.41 Å². The lowest BCUT2D eigenvalue weighted by Crippen LogP contribution is -2.35. The summed E-state index contributed by atoms with van der Waals surface area (Å²) in [4.78, 5) is 0. The molecule has 1 aromatic rings. The van der Waals surface area contributed by atoms with E-state index in [9.17, 15) is 0 Å². The van der Waals surface area contributed by atoms with E-state index in [1.807, 2.05) is 0 Å². The normalized spacial score (nSPS) is 23.8. The van der Waals surface area contributed by atoms with Crippen molar-refractivity contribution in [3.8, 4) is 0 Å². The number of benzene rings is 1. The van der Waals surface area contributed by atoms with Crippen LogP contribution in [0.25, 0.3) is 0 Å². The maximum Gasteiger partial charge on any atom is 0.0720 e. The van der Waals surface area contributed by atoms with Crippen molar-refractivity contribution in [1.29, 1.82) is 0 Å². The van der Waals surface area contributed by atoms with E-state index in [0.29, 0.717) is 12.0 Å². The molecule has 1 saturated carbocycles. The van der Waals surface area contributed by atoms with Crippen LogP contribution in [-0.4, -0.2) is 12.6 Å². The van der Waals surface area contributed by atoms with Gasteiger partial charge in [0.15, 0.2) is 0 Å². The average Bonchev–Trinajstić information content (AvgIpc) is 2.27. The Morgan fingerprint density at radius 2 is 1.78 bits per heavy atom. The first-order valence-corrected chi connectivity index (χ1v) is 6.90. The molecule has 0 spiro atoms. The van der Waals surface area contributed by atoms with Gasteiger partial charge in [-0.2, -0.15) is 0 Å². The van der Waals surface area contributed by atoms with Gasteiger partial charge in [-0.1, -0.05) is 45.0 Å². The third-order valence-electron chi connectivity index (χ3n) is 3.83. The van der Waals surface area contributed by atoms with Crippen LogP contribution in [0, 0.1) is 5.92 Å². The van der Waals surface area contributed by atoms with E-state index >= 15 is 0 Å². The molecule has 1 fully saturated rings. The predicted molar refractivity (Wildman–Crippen MR) is 75.5 cm³/mol. The topological polar surface area (TPSA) is 35.2 Å². The molecule has 100 valence electrons. The van der Waals surface area contributed by atoms with Gasteiger partial charge in [0.2, 0.25) is 0 Å². The Hall–Kier alpha value is -0.860. The molecule has 0 heterocycles. The molecular weight excluding hydrogens is 222 g/mol. The second-order valence-corrected chi connectivity index (χ2v) is 6.45. The molecule has 2 heteroatoms. The van der Waals surface area contributed by atoms with Crippen LogP contribution in [-0.2, 0) is 16.8 Å². The highest BCUT2D eigenvalue weighted by atomic mass is 16.5. The van der Waals surface area contributed by atoms with Gasteiger partial charge in [-0.25, -0.2) is 0 Å². The maximum atomic E-state index is 5.87. The highest BCUT2D eigenvalue weighted by molar-refractivity contribution is 5.27. The van der Waals surface area contributed by atoms with Gasteiger partial charge in [0.05, 0.1) is 12.7 Å². The molecule has 1 aliphatic rings. The van der Waals surface area contributed by atoms with Crippen LogP contribution in [0.5, 0.6) is 0 Å². The molecule has 0 amide bonds. The fourth-order valence-corrected chi connectivity index (χ4v) is 2.32. The standard InChI is InChI=1S/C16H25NO/c1-16(2,3)14-6-4-12(5-7-14)11-18-15-8-13(9-15)10-17/h4-7,13,15H,8-11,17H2,1-3H3. The van der Waals surface area contributed by atoms with Crippen LogP contribution in [0.2, 0.25) is 0 Å². The molecule has 0 bridgehead atoms. The Kier molecular flexibility index (Phi) is 4.08.